The zero-order valence-corrected chi connectivity index (χ0v) is 11.1. The van der Waals surface area contributed by atoms with Crippen molar-refractivity contribution < 1.29 is 4.74 Å². The highest BCUT2D eigenvalue weighted by molar-refractivity contribution is 7.99. The van der Waals surface area contributed by atoms with Crippen LogP contribution in [0.3, 0.4) is 0 Å². The number of nitrogens with one attached hydrogen (secondary N) is 1. The molecule has 0 saturated carbocycles. The first-order valence-corrected chi connectivity index (χ1v) is 6.81. The second-order valence-corrected chi connectivity index (χ2v) is 4.68. The van der Waals surface area contributed by atoms with Gasteiger partial charge in [-0.2, -0.15) is 5.26 Å². The normalized spacial score (nSPS) is 9.94. The molecule has 0 atom stereocenters. The molecule has 0 aliphatic heterocycles. The van der Waals surface area contributed by atoms with Crippen LogP contribution in [0.2, 0.25) is 0 Å². The van der Waals surface area contributed by atoms with Gasteiger partial charge in [-0.05, 0) is 24.4 Å². The minimum absolute atomic E-state index is 0.586. The van der Waals surface area contributed by atoms with Crippen molar-refractivity contribution in [2.75, 3.05) is 25.4 Å². The molecule has 0 bridgehead atoms. The third-order valence-corrected chi connectivity index (χ3v) is 3.13. The first kappa shape index (κ1) is 13.9. The van der Waals surface area contributed by atoms with Crippen LogP contribution in [0.5, 0.6) is 5.75 Å². The smallest absolute Gasteiger partial charge is 0.138 e. The zero-order chi connectivity index (χ0) is 12.5. The summed E-state index contributed by atoms with van der Waals surface area (Å²) in [5, 5.41) is 12.4. The van der Waals surface area contributed by atoms with Crippen LogP contribution in [-0.2, 0) is 0 Å². The topological polar surface area (TPSA) is 45.0 Å². The Hall–Kier alpha value is -1.18. The van der Waals surface area contributed by atoms with E-state index in [4.69, 9.17) is 10.00 Å². The lowest BCUT2D eigenvalue weighted by atomic mass is 10.2. The van der Waals surface area contributed by atoms with E-state index in [2.05, 4.69) is 25.2 Å². The number of ether oxygens (including phenoxy) is 1. The zero-order valence-electron chi connectivity index (χ0n) is 10.3. The van der Waals surface area contributed by atoms with E-state index >= 15 is 0 Å². The molecule has 92 valence electrons. The molecule has 0 unspecified atom stereocenters. The summed E-state index contributed by atoms with van der Waals surface area (Å²) in [4.78, 5) is 0.996. The number of hydrogen-bond acceptors (Lipinski definition) is 4. The second-order valence-electron chi connectivity index (χ2n) is 3.38. The van der Waals surface area contributed by atoms with E-state index in [9.17, 15) is 0 Å². The lowest BCUT2D eigenvalue weighted by molar-refractivity contribution is 0.314. The Kier molecular flexibility index (Phi) is 6.53. The summed E-state index contributed by atoms with van der Waals surface area (Å²) in [6.07, 6.45) is 0. The van der Waals surface area contributed by atoms with Crippen molar-refractivity contribution in [3.8, 4) is 11.8 Å². The fourth-order valence-corrected chi connectivity index (χ4v) is 2.20. The van der Waals surface area contributed by atoms with Crippen LogP contribution in [0.25, 0.3) is 0 Å². The molecule has 1 rings (SSSR count). The van der Waals surface area contributed by atoms with Crippen molar-refractivity contribution in [2.45, 2.75) is 18.7 Å². The van der Waals surface area contributed by atoms with Gasteiger partial charge in [0.05, 0.1) is 0 Å². The Bertz CT molecular complexity index is 387. The van der Waals surface area contributed by atoms with E-state index in [1.54, 1.807) is 11.8 Å². The Morgan fingerprint density at radius 3 is 2.88 bits per heavy atom. The molecule has 0 aliphatic rings. The maximum Gasteiger partial charge on any atom is 0.138 e. The highest BCUT2D eigenvalue weighted by Gasteiger charge is 2.08. The molecule has 3 nitrogen and oxygen atoms in total. The van der Waals surface area contributed by atoms with Gasteiger partial charge in [-0.15, -0.1) is 11.8 Å². The van der Waals surface area contributed by atoms with Crippen LogP contribution in [0.15, 0.2) is 23.1 Å². The summed E-state index contributed by atoms with van der Waals surface area (Å²) in [6.45, 7) is 6.44. The number of nitriles is 1. The highest BCUT2D eigenvalue weighted by atomic mass is 32.2. The largest absolute Gasteiger partial charge is 0.491 e. The van der Waals surface area contributed by atoms with Gasteiger partial charge in [0.1, 0.15) is 24.0 Å². The van der Waals surface area contributed by atoms with Crippen molar-refractivity contribution in [3.05, 3.63) is 23.8 Å². The Morgan fingerprint density at radius 1 is 1.41 bits per heavy atom. The van der Waals surface area contributed by atoms with Gasteiger partial charge < -0.3 is 10.1 Å². The molecule has 0 spiro atoms. The average Bonchev–Trinajstić information content (AvgIpc) is 2.35. The SMILES string of the molecule is CCNCCOc1cccc(SCC)c1C#N. The minimum atomic E-state index is 0.586. The van der Waals surface area contributed by atoms with E-state index in [1.165, 1.54) is 0 Å². The number of thioether (sulfide) groups is 1. The minimum Gasteiger partial charge on any atom is -0.491 e. The number of likely N-dealkylation sites (N-methyl/N-ethyl adjacent to an activating group) is 1. The van der Waals surface area contributed by atoms with Crippen molar-refractivity contribution in [1.82, 2.24) is 5.32 Å². The molecule has 0 aliphatic carbocycles. The predicted molar refractivity (Wildman–Crippen MR) is 71.6 cm³/mol. The predicted octanol–water partition coefficient (Wildman–Crippen LogP) is 2.66. The van der Waals surface area contributed by atoms with Gasteiger partial charge >= 0.3 is 0 Å². The molecule has 0 amide bonds. The van der Waals surface area contributed by atoms with Gasteiger partial charge in [0.2, 0.25) is 0 Å². The van der Waals surface area contributed by atoms with Crippen LogP contribution in [-0.4, -0.2) is 25.4 Å². The van der Waals surface area contributed by atoms with E-state index < -0.39 is 0 Å². The summed E-state index contributed by atoms with van der Waals surface area (Å²) in [5.74, 6) is 1.64. The molecule has 1 N–H and O–H groups in total. The van der Waals surface area contributed by atoms with Crippen LogP contribution in [0.1, 0.15) is 19.4 Å². The molecular weight excluding hydrogens is 232 g/mol. The van der Waals surface area contributed by atoms with Crippen molar-refractivity contribution >= 4 is 11.8 Å². The van der Waals surface area contributed by atoms with E-state index in [0.717, 1.165) is 23.7 Å². The van der Waals surface area contributed by atoms with Crippen molar-refractivity contribution in [2.24, 2.45) is 0 Å². The monoisotopic (exact) mass is 250 g/mol. The molecule has 0 fully saturated rings. The lowest BCUT2D eigenvalue weighted by Gasteiger charge is -2.10. The van der Waals surface area contributed by atoms with E-state index in [-0.39, 0.29) is 0 Å². The number of rotatable bonds is 7. The van der Waals surface area contributed by atoms with Crippen LogP contribution >= 0.6 is 11.8 Å². The lowest BCUT2D eigenvalue weighted by Crippen LogP contribution is -2.20. The van der Waals surface area contributed by atoms with Crippen LogP contribution in [0.4, 0.5) is 0 Å². The van der Waals surface area contributed by atoms with Gasteiger partial charge in [-0.25, -0.2) is 0 Å². The highest BCUT2D eigenvalue weighted by Crippen LogP contribution is 2.29. The fourth-order valence-electron chi connectivity index (χ4n) is 1.43. The second kappa shape index (κ2) is 7.99. The molecule has 0 aromatic heterocycles. The molecule has 4 heteroatoms. The average molecular weight is 250 g/mol. The maximum atomic E-state index is 9.17. The summed E-state index contributed by atoms with van der Waals surface area (Å²) < 4.78 is 5.62. The Morgan fingerprint density at radius 2 is 2.24 bits per heavy atom. The molecule has 1 aromatic rings. The van der Waals surface area contributed by atoms with Crippen molar-refractivity contribution in [1.29, 1.82) is 5.26 Å². The first-order valence-electron chi connectivity index (χ1n) is 5.82. The van der Waals surface area contributed by atoms with E-state index in [0.29, 0.717) is 17.9 Å². The quantitative estimate of drug-likeness (QED) is 0.597. The Balaban J connectivity index is 2.70. The summed E-state index contributed by atoms with van der Waals surface area (Å²) in [5.41, 5.74) is 0.649. The third-order valence-electron chi connectivity index (χ3n) is 2.19. The number of nitrogens with zero attached hydrogens (tertiary/aromatic N) is 1. The van der Waals surface area contributed by atoms with Crippen molar-refractivity contribution in [3.63, 3.8) is 0 Å². The van der Waals surface area contributed by atoms with Gasteiger partial charge in [-0.3, -0.25) is 0 Å². The summed E-state index contributed by atoms with van der Waals surface area (Å²) >= 11 is 1.67. The van der Waals surface area contributed by atoms with Gasteiger partial charge in [0.15, 0.2) is 0 Å². The number of benzene rings is 1. The molecular formula is C13H18N2OS. The Labute approximate surface area is 107 Å². The third kappa shape index (κ3) is 4.29. The number of hydrogen-bond donors (Lipinski definition) is 1. The molecule has 0 saturated heterocycles. The summed E-state index contributed by atoms with van der Waals surface area (Å²) in [7, 11) is 0. The van der Waals surface area contributed by atoms with Crippen LogP contribution < -0.4 is 10.1 Å². The van der Waals surface area contributed by atoms with Gasteiger partial charge in [0, 0.05) is 11.4 Å². The fraction of sp³-hybridized carbons (Fsp3) is 0.462. The van der Waals surface area contributed by atoms with Gasteiger partial charge in [0.25, 0.3) is 0 Å². The first-order chi connectivity index (χ1) is 8.33. The van der Waals surface area contributed by atoms with Gasteiger partial charge in [-0.1, -0.05) is 19.9 Å². The van der Waals surface area contributed by atoms with E-state index in [1.807, 2.05) is 18.2 Å². The molecule has 17 heavy (non-hydrogen) atoms. The molecule has 0 heterocycles. The molecule has 0 radical (unpaired) electrons. The maximum absolute atomic E-state index is 9.17. The standard InChI is InChI=1S/C13H18N2OS/c1-3-15-8-9-16-12-6-5-7-13(17-4-2)11(12)10-14/h5-7,15H,3-4,8-9H2,1-2H3. The summed E-state index contributed by atoms with van der Waals surface area (Å²) in [6, 6.07) is 7.97. The molecule has 1 aromatic carbocycles. The van der Waals surface area contributed by atoms with Crippen LogP contribution in [0, 0.1) is 11.3 Å².